The molecule has 16 heavy (non-hydrogen) atoms. The maximum atomic E-state index is 6.39. The van der Waals surface area contributed by atoms with Gasteiger partial charge < -0.3 is 5.73 Å². The normalized spacial score (nSPS) is 24.2. The average Bonchev–Trinajstić information content (AvgIpc) is 2.39. The van der Waals surface area contributed by atoms with Crippen molar-refractivity contribution in [1.29, 1.82) is 0 Å². The summed E-state index contributed by atoms with van der Waals surface area (Å²) in [6.07, 6.45) is 3.89. The molecule has 1 aliphatic rings. The SMILES string of the molecule is CCN1CCCCC1C(N)c1ccccc1. The number of likely N-dealkylation sites (tertiary alicyclic amines) is 1. The lowest BCUT2D eigenvalue weighted by Gasteiger charge is -2.38. The Kier molecular flexibility index (Phi) is 3.97. The molecule has 0 spiro atoms. The number of piperidine rings is 1. The molecule has 2 atom stereocenters. The monoisotopic (exact) mass is 218 g/mol. The number of rotatable bonds is 3. The van der Waals surface area contributed by atoms with E-state index in [1.807, 2.05) is 0 Å². The molecule has 0 radical (unpaired) electrons. The Balaban J connectivity index is 2.10. The van der Waals surface area contributed by atoms with Crippen LogP contribution in [0, 0.1) is 0 Å². The van der Waals surface area contributed by atoms with Crippen molar-refractivity contribution in [1.82, 2.24) is 4.90 Å². The van der Waals surface area contributed by atoms with Crippen molar-refractivity contribution in [3.8, 4) is 0 Å². The topological polar surface area (TPSA) is 29.3 Å². The van der Waals surface area contributed by atoms with Gasteiger partial charge in [-0.15, -0.1) is 0 Å². The fourth-order valence-corrected chi connectivity index (χ4v) is 2.71. The summed E-state index contributed by atoms with van der Waals surface area (Å²) in [5.74, 6) is 0. The summed E-state index contributed by atoms with van der Waals surface area (Å²) in [5, 5.41) is 0. The Morgan fingerprint density at radius 3 is 2.75 bits per heavy atom. The van der Waals surface area contributed by atoms with Crippen molar-refractivity contribution < 1.29 is 0 Å². The van der Waals surface area contributed by atoms with Gasteiger partial charge in [0.25, 0.3) is 0 Å². The third-order valence-electron chi connectivity index (χ3n) is 3.67. The summed E-state index contributed by atoms with van der Waals surface area (Å²) in [4.78, 5) is 2.53. The van der Waals surface area contributed by atoms with E-state index in [0.29, 0.717) is 6.04 Å². The van der Waals surface area contributed by atoms with Gasteiger partial charge in [0.05, 0.1) is 0 Å². The molecule has 2 heteroatoms. The Hall–Kier alpha value is -0.860. The van der Waals surface area contributed by atoms with E-state index in [1.165, 1.54) is 31.4 Å². The van der Waals surface area contributed by atoms with Crippen LogP contribution in [0.1, 0.15) is 37.8 Å². The molecule has 1 aliphatic heterocycles. The van der Waals surface area contributed by atoms with Gasteiger partial charge in [-0.3, -0.25) is 4.90 Å². The maximum Gasteiger partial charge on any atom is 0.0453 e. The van der Waals surface area contributed by atoms with E-state index in [4.69, 9.17) is 5.73 Å². The molecule has 1 aromatic carbocycles. The molecule has 1 heterocycles. The average molecular weight is 218 g/mol. The lowest BCUT2D eigenvalue weighted by Crippen LogP contribution is -2.45. The second-order valence-corrected chi connectivity index (χ2v) is 4.63. The predicted octanol–water partition coefficient (Wildman–Crippen LogP) is 2.56. The van der Waals surface area contributed by atoms with Crippen LogP contribution in [0.5, 0.6) is 0 Å². The van der Waals surface area contributed by atoms with E-state index in [2.05, 4.69) is 42.2 Å². The Labute approximate surface area is 98.4 Å². The van der Waals surface area contributed by atoms with E-state index in [9.17, 15) is 0 Å². The first-order chi connectivity index (χ1) is 7.83. The highest BCUT2D eigenvalue weighted by Crippen LogP contribution is 2.26. The fraction of sp³-hybridized carbons (Fsp3) is 0.571. The molecule has 1 fully saturated rings. The largest absolute Gasteiger partial charge is 0.323 e. The number of hydrogen-bond donors (Lipinski definition) is 1. The van der Waals surface area contributed by atoms with E-state index in [0.717, 1.165) is 6.54 Å². The first-order valence-corrected chi connectivity index (χ1v) is 6.37. The molecule has 2 nitrogen and oxygen atoms in total. The molecule has 2 unspecified atom stereocenters. The summed E-state index contributed by atoms with van der Waals surface area (Å²) >= 11 is 0. The third-order valence-corrected chi connectivity index (χ3v) is 3.67. The van der Waals surface area contributed by atoms with Gasteiger partial charge in [-0.2, -0.15) is 0 Å². The first kappa shape index (κ1) is 11.6. The van der Waals surface area contributed by atoms with Crippen LogP contribution in [0.2, 0.25) is 0 Å². The molecule has 0 amide bonds. The van der Waals surface area contributed by atoms with Crippen LogP contribution in [-0.2, 0) is 0 Å². The van der Waals surface area contributed by atoms with Gasteiger partial charge in [0, 0.05) is 12.1 Å². The summed E-state index contributed by atoms with van der Waals surface area (Å²) < 4.78 is 0. The minimum Gasteiger partial charge on any atom is -0.323 e. The van der Waals surface area contributed by atoms with Gasteiger partial charge in [0.2, 0.25) is 0 Å². The smallest absolute Gasteiger partial charge is 0.0453 e. The fourth-order valence-electron chi connectivity index (χ4n) is 2.71. The molecule has 1 saturated heterocycles. The minimum atomic E-state index is 0.168. The Morgan fingerprint density at radius 1 is 1.31 bits per heavy atom. The molecule has 0 saturated carbocycles. The molecule has 0 aliphatic carbocycles. The van der Waals surface area contributed by atoms with Crippen LogP contribution in [-0.4, -0.2) is 24.0 Å². The van der Waals surface area contributed by atoms with Crippen molar-refractivity contribution in [2.75, 3.05) is 13.1 Å². The number of nitrogens with two attached hydrogens (primary N) is 1. The van der Waals surface area contributed by atoms with Crippen LogP contribution < -0.4 is 5.73 Å². The number of likely N-dealkylation sites (N-methyl/N-ethyl adjacent to an activating group) is 1. The highest BCUT2D eigenvalue weighted by Gasteiger charge is 2.27. The lowest BCUT2D eigenvalue weighted by atomic mass is 9.91. The second kappa shape index (κ2) is 5.46. The highest BCUT2D eigenvalue weighted by atomic mass is 15.2. The molecule has 88 valence electrons. The third kappa shape index (κ3) is 2.45. The first-order valence-electron chi connectivity index (χ1n) is 6.37. The highest BCUT2D eigenvalue weighted by molar-refractivity contribution is 5.20. The van der Waals surface area contributed by atoms with Crippen LogP contribution in [0.15, 0.2) is 30.3 Å². The van der Waals surface area contributed by atoms with E-state index in [1.54, 1.807) is 0 Å². The number of nitrogens with zero attached hydrogens (tertiary/aromatic N) is 1. The van der Waals surface area contributed by atoms with Crippen molar-refractivity contribution >= 4 is 0 Å². The molecule has 1 aromatic rings. The van der Waals surface area contributed by atoms with E-state index in [-0.39, 0.29) is 6.04 Å². The van der Waals surface area contributed by atoms with Crippen LogP contribution in [0.4, 0.5) is 0 Å². The molecule has 2 N–H and O–H groups in total. The lowest BCUT2D eigenvalue weighted by molar-refractivity contribution is 0.133. The van der Waals surface area contributed by atoms with Gasteiger partial charge in [-0.1, -0.05) is 43.7 Å². The van der Waals surface area contributed by atoms with Gasteiger partial charge >= 0.3 is 0 Å². The maximum absolute atomic E-state index is 6.39. The zero-order valence-electron chi connectivity index (χ0n) is 10.1. The Bertz CT molecular complexity index is 310. The summed E-state index contributed by atoms with van der Waals surface area (Å²) in [7, 11) is 0. The summed E-state index contributed by atoms with van der Waals surface area (Å²) in [5.41, 5.74) is 7.67. The van der Waals surface area contributed by atoms with Gasteiger partial charge in [-0.05, 0) is 31.5 Å². The number of hydrogen-bond acceptors (Lipinski definition) is 2. The zero-order chi connectivity index (χ0) is 11.4. The number of benzene rings is 1. The van der Waals surface area contributed by atoms with Crippen LogP contribution in [0.25, 0.3) is 0 Å². The van der Waals surface area contributed by atoms with Gasteiger partial charge in [0.15, 0.2) is 0 Å². The molecule has 2 rings (SSSR count). The van der Waals surface area contributed by atoms with E-state index >= 15 is 0 Å². The van der Waals surface area contributed by atoms with Gasteiger partial charge in [-0.25, -0.2) is 0 Å². The van der Waals surface area contributed by atoms with Crippen molar-refractivity contribution in [3.63, 3.8) is 0 Å². The molecular formula is C14H22N2. The quantitative estimate of drug-likeness (QED) is 0.845. The van der Waals surface area contributed by atoms with Crippen LogP contribution in [0.3, 0.4) is 0 Å². The predicted molar refractivity (Wildman–Crippen MR) is 68.3 cm³/mol. The van der Waals surface area contributed by atoms with Crippen molar-refractivity contribution in [3.05, 3.63) is 35.9 Å². The second-order valence-electron chi connectivity index (χ2n) is 4.63. The van der Waals surface area contributed by atoms with Crippen molar-refractivity contribution in [2.45, 2.75) is 38.3 Å². The minimum absolute atomic E-state index is 0.168. The summed E-state index contributed by atoms with van der Waals surface area (Å²) in [6.45, 7) is 4.56. The van der Waals surface area contributed by atoms with Crippen LogP contribution >= 0.6 is 0 Å². The van der Waals surface area contributed by atoms with Crippen molar-refractivity contribution in [2.24, 2.45) is 5.73 Å². The molecule has 0 bridgehead atoms. The zero-order valence-corrected chi connectivity index (χ0v) is 10.1. The van der Waals surface area contributed by atoms with E-state index < -0.39 is 0 Å². The Morgan fingerprint density at radius 2 is 2.06 bits per heavy atom. The molecule has 0 aromatic heterocycles. The van der Waals surface area contributed by atoms with Gasteiger partial charge in [0.1, 0.15) is 0 Å². The summed E-state index contributed by atoms with van der Waals surface area (Å²) in [6, 6.07) is 11.2. The molecular weight excluding hydrogens is 196 g/mol. The standard InChI is InChI=1S/C14H22N2/c1-2-16-11-7-6-10-13(16)14(15)12-8-4-3-5-9-12/h3-5,8-9,13-14H,2,6-7,10-11,15H2,1H3.